The lowest BCUT2D eigenvalue weighted by molar-refractivity contribution is 0.391. The molecule has 0 unspecified atom stereocenters. The second kappa shape index (κ2) is 5.90. The van der Waals surface area contributed by atoms with Crippen LogP contribution in [0.5, 0.6) is 0 Å². The van der Waals surface area contributed by atoms with Crippen LogP contribution in [0.25, 0.3) is 0 Å². The highest BCUT2D eigenvalue weighted by Crippen LogP contribution is 2.28. The summed E-state index contributed by atoms with van der Waals surface area (Å²) in [7, 11) is -3.49. The van der Waals surface area contributed by atoms with Crippen molar-refractivity contribution in [2.45, 2.75) is 44.0 Å². The average Bonchev–Trinajstić information content (AvgIpc) is 2.53. The quantitative estimate of drug-likeness (QED) is 0.850. The largest absolute Gasteiger partial charge is 0.399 e. The molecular formula is C19H24N2O2S. The van der Waals surface area contributed by atoms with Gasteiger partial charge >= 0.3 is 0 Å². The van der Waals surface area contributed by atoms with E-state index in [1.165, 1.54) is 5.56 Å². The number of sulfonamides is 1. The molecular weight excluding hydrogens is 320 g/mol. The zero-order chi connectivity index (χ0) is 17.5. The van der Waals surface area contributed by atoms with Gasteiger partial charge in [-0.05, 0) is 52.8 Å². The number of nitrogens with two attached hydrogens (primary N) is 1. The molecule has 0 radical (unpaired) electrons. The predicted molar refractivity (Wildman–Crippen MR) is 97.3 cm³/mol. The highest BCUT2D eigenvalue weighted by atomic mass is 32.2. The predicted octanol–water partition coefficient (Wildman–Crippen LogP) is 3.31. The topological polar surface area (TPSA) is 63.4 Å². The Bertz CT molecular complexity index is 850. The summed E-state index contributed by atoms with van der Waals surface area (Å²) in [4.78, 5) is 0.350. The van der Waals surface area contributed by atoms with Crippen molar-refractivity contribution in [3.63, 3.8) is 0 Å². The van der Waals surface area contributed by atoms with Gasteiger partial charge in [0.05, 0.1) is 4.90 Å². The lowest BCUT2D eigenvalue weighted by Crippen LogP contribution is -2.36. The van der Waals surface area contributed by atoms with Crippen molar-refractivity contribution in [1.29, 1.82) is 0 Å². The molecule has 3 rings (SSSR count). The summed E-state index contributed by atoms with van der Waals surface area (Å²) < 4.78 is 27.4. The first-order valence-corrected chi connectivity index (χ1v) is 9.60. The van der Waals surface area contributed by atoms with Crippen LogP contribution in [0, 0.1) is 0 Å². The van der Waals surface area contributed by atoms with E-state index in [2.05, 4.69) is 20.8 Å². The number of fused-ring (bicyclic) bond motifs is 1. The molecule has 0 aliphatic carbocycles. The maximum Gasteiger partial charge on any atom is 0.243 e. The van der Waals surface area contributed by atoms with E-state index in [1.807, 2.05) is 30.3 Å². The van der Waals surface area contributed by atoms with E-state index in [4.69, 9.17) is 5.73 Å². The maximum absolute atomic E-state index is 12.9. The monoisotopic (exact) mass is 344 g/mol. The fourth-order valence-corrected chi connectivity index (χ4v) is 4.45. The first kappa shape index (κ1) is 17.0. The van der Waals surface area contributed by atoms with Crippen molar-refractivity contribution in [1.82, 2.24) is 4.31 Å². The molecule has 0 saturated carbocycles. The molecule has 0 saturated heterocycles. The Morgan fingerprint density at radius 3 is 2.29 bits per heavy atom. The summed E-state index contributed by atoms with van der Waals surface area (Å²) in [5, 5.41) is 0. The number of hydrogen-bond donors (Lipinski definition) is 1. The fraction of sp³-hybridized carbons (Fsp3) is 0.368. The zero-order valence-electron chi connectivity index (χ0n) is 14.4. The van der Waals surface area contributed by atoms with E-state index >= 15 is 0 Å². The molecule has 0 aromatic heterocycles. The van der Waals surface area contributed by atoms with Gasteiger partial charge in [-0.1, -0.05) is 39.0 Å². The van der Waals surface area contributed by atoms with Crippen molar-refractivity contribution in [3.05, 3.63) is 59.2 Å². The highest BCUT2D eigenvalue weighted by Gasteiger charge is 2.28. The van der Waals surface area contributed by atoms with E-state index < -0.39 is 10.0 Å². The molecule has 1 heterocycles. The van der Waals surface area contributed by atoms with E-state index in [1.54, 1.807) is 16.4 Å². The molecule has 0 bridgehead atoms. The Labute approximate surface area is 144 Å². The third-order valence-electron chi connectivity index (χ3n) is 4.57. The third-order valence-corrected chi connectivity index (χ3v) is 6.43. The molecule has 2 aromatic carbocycles. The van der Waals surface area contributed by atoms with Gasteiger partial charge in [0.25, 0.3) is 0 Å². The number of benzene rings is 2. The molecule has 0 fully saturated rings. The van der Waals surface area contributed by atoms with Crippen LogP contribution in [0.15, 0.2) is 47.4 Å². The third kappa shape index (κ3) is 3.19. The molecule has 2 N–H and O–H groups in total. The highest BCUT2D eigenvalue weighted by molar-refractivity contribution is 7.89. The Morgan fingerprint density at radius 1 is 1.00 bits per heavy atom. The molecule has 0 amide bonds. The zero-order valence-corrected chi connectivity index (χ0v) is 15.2. The molecule has 2 aromatic rings. The van der Waals surface area contributed by atoms with Gasteiger partial charge in [-0.3, -0.25) is 0 Å². The first-order valence-electron chi connectivity index (χ1n) is 8.16. The molecule has 4 nitrogen and oxygen atoms in total. The van der Waals surface area contributed by atoms with Gasteiger partial charge in [0.2, 0.25) is 10.0 Å². The number of anilines is 1. The number of nitrogen functional groups attached to an aromatic ring is 1. The van der Waals surface area contributed by atoms with Crippen LogP contribution in [0.3, 0.4) is 0 Å². The van der Waals surface area contributed by atoms with Gasteiger partial charge in [0, 0.05) is 18.8 Å². The van der Waals surface area contributed by atoms with Crippen LogP contribution in [0.4, 0.5) is 5.69 Å². The second-order valence-corrected chi connectivity index (χ2v) is 9.33. The molecule has 0 spiro atoms. The van der Waals surface area contributed by atoms with Gasteiger partial charge in [-0.15, -0.1) is 0 Å². The molecule has 1 aliphatic rings. The molecule has 24 heavy (non-hydrogen) atoms. The number of hydrogen-bond acceptors (Lipinski definition) is 3. The molecule has 0 atom stereocenters. The molecule has 128 valence electrons. The van der Waals surface area contributed by atoms with Gasteiger partial charge in [0.15, 0.2) is 0 Å². The van der Waals surface area contributed by atoms with Crippen molar-refractivity contribution >= 4 is 15.7 Å². The van der Waals surface area contributed by atoms with Gasteiger partial charge < -0.3 is 5.73 Å². The molecule has 1 aliphatic heterocycles. The van der Waals surface area contributed by atoms with Gasteiger partial charge in [-0.25, -0.2) is 8.42 Å². The minimum absolute atomic E-state index is 0.00385. The van der Waals surface area contributed by atoms with E-state index in [0.29, 0.717) is 23.7 Å². The smallest absolute Gasteiger partial charge is 0.243 e. The number of rotatable bonds is 2. The summed E-state index contributed by atoms with van der Waals surface area (Å²) in [6.45, 7) is 7.22. The van der Waals surface area contributed by atoms with Crippen LogP contribution >= 0.6 is 0 Å². The van der Waals surface area contributed by atoms with Crippen LogP contribution in [-0.2, 0) is 28.4 Å². The van der Waals surface area contributed by atoms with Gasteiger partial charge in [0.1, 0.15) is 0 Å². The first-order chi connectivity index (χ1) is 11.2. The second-order valence-electron chi connectivity index (χ2n) is 7.39. The van der Waals surface area contributed by atoms with Gasteiger partial charge in [-0.2, -0.15) is 4.31 Å². The van der Waals surface area contributed by atoms with Crippen LogP contribution < -0.4 is 5.73 Å². The minimum Gasteiger partial charge on any atom is -0.399 e. The van der Waals surface area contributed by atoms with E-state index in [-0.39, 0.29) is 5.41 Å². The van der Waals surface area contributed by atoms with Crippen LogP contribution in [-0.4, -0.2) is 19.3 Å². The van der Waals surface area contributed by atoms with Crippen molar-refractivity contribution < 1.29 is 8.42 Å². The standard InChI is InChI=1S/C19H24N2O2S/c1-19(2,3)16-5-8-18(9-6-16)24(22,23)21-11-10-14-4-7-17(20)12-15(14)13-21/h4-9,12H,10-11,13,20H2,1-3H3. The van der Waals surface area contributed by atoms with E-state index in [9.17, 15) is 8.42 Å². The van der Waals surface area contributed by atoms with E-state index in [0.717, 1.165) is 17.5 Å². The average molecular weight is 344 g/mol. The summed E-state index contributed by atoms with van der Waals surface area (Å²) in [6.07, 6.45) is 0.717. The van der Waals surface area contributed by atoms with Crippen molar-refractivity contribution in [3.8, 4) is 0 Å². The SMILES string of the molecule is CC(C)(C)c1ccc(S(=O)(=O)N2CCc3ccc(N)cc3C2)cc1. The van der Waals surface area contributed by atoms with Crippen LogP contribution in [0.2, 0.25) is 0 Å². The Balaban J connectivity index is 1.89. The maximum atomic E-state index is 12.9. The summed E-state index contributed by atoms with van der Waals surface area (Å²) in [6, 6.07) is 13.0. The normalized spacial score (nSPS) is 16.0. The Morgan fingerprint density at radius 2 is 1.67 bits per heavy atom. The minimum atomic E-state index is -3.49. The summed E-state index contributed by atoms with van der Waals surface area (Å²) >= 11 is 0. The van der Waals surface area contributed by atoms with Crippen molar-refractivity contribution in [2.24, 2.45) is 0 Å². The summed E-state index contributed by atoms with van der Waals surface area (Å²) in [5.74, 6) is 0. The van der Waals surface area contributed by atoms with Crippen LogP contribution in [0.1, 0.15) is 37.5 Å². The lowest BCUT2D eigenvalue weighted by Gasteiger charge is -2.28. The Kier molecular flexibility index (Phi) is 4.18. The van der Waals surface area contributed by atoms with Crippen molar-refractivity contribution in [2.75, 3.05) is 12.3 Å². The lowest BCUT2D eigenvalue weighted by atomic mass is 9.87. The number of nitrogens with zero attached hydrogens (tertiary/aromatic N) is 1. The fourth-order valence-electron chi connectivity index (χ4n) is 3.03. The molecule has 5 heteroatoms. The summed E-state index contributed by atoms with van der Waals surface area (Å²) in [5.41, 5.74) is 9.81. The Hall–Kier alpha value is -1.85.